The van der Waals surface area contributed by atoms with Crippen molar-refractivity contribution in [2.24, 2.45) is 5.73 Å². The fourth-order valence-corrected chi connectivity index (χ4v) is 4.49. The SMILES string of the molecule is NC(=O)NCc1ccc(C(=O)NCC2(N3CCCCC3)CCCCC2)cc1. The third-order valence-electron chi connectivity index (χ3n) is 6.07. The van der Waals surface area contributed by atoms with Gasteiger partial charge in [-0.1, -0.05) is 37.8 Å². The van der Waals surface area contributed by atoms with E-state index in [1.54, 1.807) is 0 Å². The molecule has 0 aromatic heterocycles. The largest absolute Gasteiger partial charge is 0.352 e. The maximum atomic E-state index is 12.7. The van der Waals surface area contributed by atoms with E-state index in [0.29, 0.717) is 12.1 Å². The molecule has 0 unspecified atom stereocenters. The topological polar surface area (TPSA) is 87.5 Å². The first-order valence-corrected chi connectivity index (χ1v) is 10.2. The van der Waals surface area contributed by atoms with Crippen molar-refractivity contribution in [3.8, 4) is 0 Å². The minimum absolute atomic E-state index is 0.0219. The quantitative estimate of drug-likeness (QED) is 0.717. The van der Waals surface area contributed by atoms with Gasteiger partial charge in [-0.3, -0.25) is 9.69 Å². The summed E-state index contributed by atoms with van der Waals surface area (Å²) in [7, 11) is 0. The number of rotatable bonds is 6. The summed E-state index contributed by atoms with van der Waals surface area (Å²) in [6, 6.07) is 6.77. The Hall–Kier alpha value is -2.08. The van der Waals surface area contributed by atoms with Crippen LogP contribution in [0.5, 0.6) is 0 Å². The van der Waals surface area contributed by atoms with Crippen LogP contribution in [0.2, 0.25) is 0 Å². The minimum Gasteiger partial charge on any atom is -0.352 e. The maximum absolute atomic E-state index is 12.7. The van der Waals surface area contributed by atoms with Crippen LogP contribution >= 0.6 is 0 Å². The van der Waals surface area contributed by atoms with Crippen LogP contribution in [-0.4, -0.2) is 42.0 Å². The van der Waals surface area contributed by atoms with E-state index in [2.05, 4.69) is 15.5 Å². The van der Waals surface area contributed by atoms with Crippen molar-refractivity contribution >= 4 is 11.9 Å². The molecule has 2 fully saturated rings. The first kappa shape index (κ1) is 19.7. The molecule has 1 aliphatic heterocycles. The van der Waals surface area contributed by atoms with Gasteiger partial charge in [0.1, 0.15) is 0 Å². The lowest BCUT2D eigenvalue weighted by Crippen LogP contribution is -2.58. The van der Waals surface area contributed by atoms with E-state index in [-0.39, 0.29) is 11.4 Å². The van der Waals surface area contributed by atoms with Gasteiger partial charge in [0.25, 0.3) is 5.91 Å². The van der Waals surface area contributed by atoms with Gasteiger partial charge < -0.3 is 16.4 Å². The molecule has 1 aromatic rings. The molecule has 0 atom stereocenters. The summed E-state index contributed by atoms with van der Waals surface area (Å²) in [6.45, 7) is 3.43. The molecule has 3 rings (SSSR count). The van der Waals surface area contributed by atoms with Crippen molar-refractivity contribution in [3.05, 3.63) is 35.4 Å². The van der Waals surface area contributed by atoms with Crippen LogP contribution in [0, 0.1) is 0 Å². The fourth-order valence-electron chi connectivity index (χ4n) is 4.49. The van der Waals surface area contributed by atoms with Gasteiger partial charge in [0.15, 0.2) is 0 Å². The van der Waals surface area contributed by atoms with Crippen molar-refractivity contribution in [1.29, 1.82) is 0 Å². The molecule has 3 amide bonds. The number of hydrogen-bond acceptors (Lipinski definition) is 3. The van der Waals surface area contributed by atoms with Crippen LogP contribution in [0.15, 0.2) is 24.3 Å². The van der Waals surface area contributed by atoms with Crippen LogP contribution in [0.25, 0.3) is 0 Å². The molecule has 27 heavy (non-hydrogen) atoms. The molecule has 1 aliphatic carbocycles. The van der Waals surface area contributed by atoms with Gasteiger partial charge in [-0.25, -0.2) is 4.79 Å². The summed E-state index contributed by atoms with van der Waals surface area (Å²) < 4.78 is 0. The van der Waals surface area contributed by atoms with Crippen molar-refractivity contribution < 1.29 is 9.59 Å². The van der Waals surface area contributed by atoms with E-state index in [1.807, 2.05) is 24.3 Å². The molecule has 0 bridgehead atoms. The first-order valence-electron chi connectivity index (χ1n) is 10.2. The molecule has 4 N–H and O–H groups in total. The highest BCUT2D eigenvalue weighted by Gasteiger charge is 2.38. The average molecular weight is 373 g/mol. The van der Waals surface area contributed by atoms with Gasteiger partial charge in [0.05, 0.1) is 0 Å². The van der Waals surface area contributed by atoms with E-state index in [9.17, 15) is 9.59 Å². The van der Waals surface area contributed by atoms with Gasteiger partial charge in [-0.05, 0) is 56.5 Å². The van der Waals surface area contributed by atoms with E-state index in [4.69, 9.17) is 5.73 Å². The van der Waals surface area contributed by atoms with Crippen LogP contribution in [0.4, 0.5) is 4.79 Å². The smallest absolute Gasteiger partial charge is 0.312 e. The third-order valence-corrected chi connectivity index (χ3v) is 6.07. The number of carbonyl (C=O) groups is 2. The summed E-state index contributed by atoms with van der Waals surface area (Å²) in [6.07, 6.45) is 10.1. The molecule has 1 heterocycles. The number of nitrogens with one attached hydrogen (secondary N) is 2. The van der Waals surface area contributed by atoms with E-state index in [1.165, 1.54) is 51.4 Å². The number of carbonyl (C=O) groups excluding carboxylic acids is 2. The summed E-state index contributed by atoms with van der Waals surface area (Å²) >= 11 is 0. The molecule has 1 aromatic carbocycles. The van der Waals surface area contributed by atoms with E-state index in [0.717, 1.165) is 25.2 Å². The Labute approximate surface area is 161 Å². The van der Waals surface area contributed by atoms with Crippen LogP contribution in [0.3, 0.4) is 0 Å². The van der Waals surface area contributed by atoms with Crippen molar-refractivity contribution in [2.45, 2.75) is 63.5 Å². The Morgan fingerprint density at radius 3 is 2.19 bits per heavy atom. The number of benzene rings is 1. The van der Waals surface area contributed by atoms with E-state index < -0.39 is 6.03 Å². The molecule has 6 nitrogen and oxygen atoms in total. The van der Waals surface area contributed by atoms with Crippen molar-refractivity contribution in [1.82, 2.24) is 15.5 Å². The van der Waals surface area contributed by atoms with Gasteiger partial charge in [0.2, 0.25) is 0 Å². The highest BCUT2D eigenvalue weighted by atomic mass is 16.2. The monoisotopic (exact) mass is 372 g/mol. The van der Waals surface area contributed by atoms with Crippen molar-refractivity contribution in [2.75, 3.05) is 19.6 Å². The number of piperidine rings is 1. The van der Waals surface area contributed by atoms with Crippen LogP contribution in [0.1, 0.15) is 67.3 Å². The zero-order valence-electron chi connectivity index (χ0n) is 16.1. The predicted octanol–water partition coefficient (Wildman–Crippen LogP) is 2.77. The second-order valence-corrected chi connectivity index (χ2v) is 7.93. The third kappa shape index (κ3) is 5.22. The molecule has 0 spiro atoms. The van der Waals surface area contributed by atoms with Gasteiger partial charge in [-0.2, -0.15) is 0 Å². The summed E-state index contributed by atoms with van der Waals surface area (Å²) in [5, 5.41) is 5.76. The molecule has 6 heteroatoms. The number of nitrogens with zero attached hydrogens (tertiary/aromatic N) is 1. The van der Waals surface area contributed by atoms with Gasteiger partial charge >= 0.3 is 6.03 Å². The van der Waals surface area contributed by atoms with Crippen LogP contribution < -0.4 is 16.4 Å². The minimum atomic E-state index is -0.549. The zero-order chi connectivity index (χ0) is 19.1. The molecular formula is C21H32N4O2. The summed E-state index contributed by atoms with van der Waals surface area (Å²) in [5.74, 6) is -0.0219. The Morgan fingerprint density at radius 2 is 1.56 bits per heavy atom. The predicted molar refractivity (Wildman–Crippen MR) is 106 cm³/mol. The molecule has 148 valence electrons. The molecular weight excluding hydrogens is 340 g/mol. The highest BCUT2D eigenvalue weighted by molar-refractivity contribution is 5.94. The number of likely N-dealkylation sites (tertiary alicyclic amines) is 1. The van der Waals surface area contributed by atoms with Crippen LogP contribution in [-0.2, 0) is 6.54 Å². The summed E-state index contributed by atoms with van der Waals surface area (Å²) in [4.78, 5) is 26.1. The number of urea groups is 1. The second kappa shape index (κ2) is 9.22. The average Bonchev–Trinajstić information content (AvgIpc) is 2.72. The summed E-state index contributed by atoms with van der Waals surface area (Å²) in [5.41, 5.74) is 6.80. The number of nitrogens with two attached hydrogens (primary N) is 1. The Kier molecular flexibility index (Phi) is 6.72. The fraction of sp³-hybridized carbons (Fsp3) is 0.619. The second-order valence-electron chi connectivity index (χ2n) is 7.93. The van der Waals surface area contributed by atoms with Gasteiger partial charge in [-0.15, -0.1) is 0 Å². The van der Waals surface area contributed by atoms with Gasteiger partial charge in [0, 0.05) is 24.2 Å². The number of hydrogen-bond donors (Lipinski definition) is 3. The lowest BCUT2D eigenvalue weighted by molar-refractivity contribution is 0.0326. The molecule has 1 saturated carbocycles. The molecule has 0 radical (unpaired) electrons. The van der Waals surface area contributed by atoms with E-state index >= 15 is 0 Å². The Balaban J connectivity index is 1.59. The molecule has 1 saturated heterocycles. The maximum Gasteiger partial charge on any atom is 0.312 e. The standard InChI is InChI=1S/C21H32N4O2/c22-20(27)23-15-17-7-9-18(10-8-17)19(26)24-16-21(11-3-1-4-12-21)25-13-5-2-6-14-25/h7-10H,1-6,11-16H2,(H,24,26)(H3,22,23,27). The number of amides is 3. The molecule has 2 aliphatic rings. The number of primary amides is 1. The lowest BCUT2D eigenvalue weighted by Gasteiger charge is -2.48. The van der Waals surface area contributed by atoms with Crippen molar-refractivity contribution in [3.63, 3.8) is 0 Å². The Bertz CT molecular complexity index is 632. The lowest BCUT2D eigenvalue weighted by atomic mass is 9.79. The zero-order valence-corrected chi connectivity index (χ0v) is 16.1. The normalized spacial score (nSPS) is 20.0. The first-order chi connectivity index (χ1) is 13.1. The highest BCUT2D eigenvalue weighted by Crippen LogP contribution is 2.35. The Morgan fingerprint density at radius 1 is 0.926 bits per heavy atom.